The van der Waals surface area contributed by atoms with Crippen LogP contribution in [0.2, 0.25) is 0 Å². The largest absolute Gasteiger partial charge is 0.339 e. The van der Waals surface area contributed by atoms with E-state index in [9.17, 15) is 0 Å². The molecule has 1 aromatic heterocycles. The summed E-state index contributed by atoms with van der Waals surface area (Å²) in [5.41, 5.74) is 5.42. The fraction of sp³-hybridized carbons (Fsp3) is 0.778. The molecule has 0 aliphatic rings. The monoisotopic (exact) mass is 183 g/mol. The molecule has 74 valence electrons. The van der Waals surface area contributed by atoms with Crippen molar-refractivity contribution in [2.24, 2.45) is 5.73 Å². The van der Waals surface area contributed by atoms with E-state index in [1.54, 1.807) is 0 Å². The lowest BCUT2D eigenvalue weighted by molar-refractivity contribution is 0.317. The van der Waals surface area contributed by atoms with Crippen molar-refractivity contribution in [3.05, 3.63) is 11.7 Å². The number of nitrogens with two attached hydrogens (primary N) is 1. The standard InChI is InChI=1S/C9H17N3O/c1-6(5-10)7-11-8(13-12-7)9(2,3)4/h6H,5,10H2,1-4H3. The van der Waals surface area contributed by atoms with Crippen molar-refractivity contribution < 1.29 is 4.52 Å². The molecule has 0 amide bonds. The molecule has 4 nitrogen and oxygen atoms in total. The number of rotatable bonds is 2. The first kappa shape index (κ1) is 10.2. The van der Waals surface area contributed by atoms with Crippen LogP contribution in [0.15, 0.2) is 4.52 Å². The van der Waals surface area contributed by atoms with Gasteiger partial charge in [-0.3, -0.25) is 0 Å². The summed E-state index contributed by atoms with van der Waals surface area (Å²) < 4.78 is 5.14. The molecule has 1 unspecified atom stereocenters. The first-order chi connectivity index (χ1) is 5.95. The summed E-state index contributed by atoms with van der Waals surface area (Å²) in [6.07, 6.45) is 0. The summed E-state index contributed by atoms with van der Waals surface area (Å²) in [6, 6.07) is 0. The van der Waals surface area contributed by atoms with Gasteiger partial charge in [0.2, 0.25) is 5.89 Å². The summed E-state index contributed by atoms with van der Waals surface area (Å²) in [4.78, 5) is 4.29. The Morgan fingerprint density at radius 2 is 2.08 bits per heavy atom. The van der Waals surface area contributed by atoms with Crippen LogP contribution in [0.1, 0.15) is 45.3 Å². The van der Waals surface area contributed by atoms with Gasteiger partial charge in [-0.25, -0.2) is 0 Å². The van der Waals surface area contributed by atoms with Gasteiger partial charge in [0.05, 0.1) is 0 Å². The molecule has 0 bridgehead atoms. The van der Waals surface area contributed by atoms with Gasteiger partial charge in [-0.2, -0.15) is 4.98 Å². The summed E-state index contributed by atoms with van der Waals surface area (Å²) in [5, 5.41) is 3.89. The number of aromatic nitrogens is 2. The summed E-state index contributed by atoms with van der Waals surface area (Å²) in [5.74, 6) is 1.54. The molecule has 0 saturated carbocycles. The summed E-state index contributed by atoms with van der Waals surface area (Å²) >= 11 is 0. The second-order valence-electron chi connectivity index (χ2n) is 4.34. The van der Waals surface area contributed by atoms with Gasteiger partial charge in [-0.05, 0) is 0 Å². The van der Waals surface area contributed by atoms with Crippen LogP contribution in [0.4, 0.5) is 0 Å². The van der Waals surface area contributed by atoms with Crippen molar-refractivity contribution in [3.8, 4) is 0 Å². The van der Waals surface area contributed by atoms with Crippen molar-refractivity contribution in [3.63, 3.8) is 0 Å². The maximum Gasteiger partial charge on any atom is 0.232 e. The van der Waals surface area contributed by atoms with E-state index in [2.05, 4.69) is 10.1 Å². The third-order valence-electron chi connectivity index (χ3n) is 1.88. The van der Waals surface area contributed by atoms with E-state index < -0.39 is 0 Å². The average molecular weight is 183 g/mol. The van der Waals surface area contributed by atoms with Crippen molar-refractivity contribution in [2.75, 3.05) is 6.54 Å². The third kappa shape index (κ3) is 2.28. The zero-order valence-corrected chi connectivity index (χ0v) is 8.66. The lowest BCUT2D eigenvalue weighted by atomic mass is 9.97. The van der Waals surface area contributed by atoms with E-state index >= 15 is 0 Å². The van der Waals surface area contributed by atoms with Crippen LogP contribution in [0.3, 0.4) is 0 Å². The molecule has 0 saturated heterocycles. The highest BCUT2D eigenvalue weighted by Crippen LogP contribution is 2.21. The van der Waals surface area contributed by atoms with E-state index in [-0.39, 0.29) is 11.3 Å². The lowest BCUT2D eigenvalue weighted by Crippen LogP contribution is -2.13. The topological polar surface area (TPSA) is 64.9 Å². The molecular formula is C9H17N3O. The zero-order chi connectivity index (χ0) is 10.1. The molecule has 4 heteroatoms. The first-order valence-corrected chi connectivity index (χ1v) is 4.49. The van der Waals surface area contributed by atoms with Crippen molar-refractivity contribution in [1.29, 1.82) is 0 Å². The van der Waals surface area contributed by atoms with Crippen LogP contribution in [-0.2, 0) is 5.41 Å². The molecule has 0 aromatic carbocycles. The Labute approximate surface area is 78.5 Å². The predicted octanol–water partition coefficient (Wildman–Crippen LogP) is 1.43. The molecular weight excluding hydrogens is 166 g/mol. The second-order valence-corrected chi connectivity index (χ2v) is 4.34. The molecule has 0 aliphatic heterocycles. The van der Waals surface area contributed by atoms with Gasteiger partial charge in [-0.15, -0.1) is 0 Å². The smallest absolute Gasteiger partial charge is 0.232 e. The Balaban J connectivity index is 2.87. The zero-order valence-electron chi connectivity index (χ0n) is 8.66. The van der Waals surface area contributed by atoms with E-state index in [0.29, 0.717) is 18.3 Å². The van der Waals surface area contributed by atoms with Crippen molar-refractivity contribution >= 4 is 0 Å². The minimum Gasteiger partial charge on any atom is -0.339 e. The number of nitrogens with zero attached hydrogens (tertiary/aromatic N) is 2. The highest BCUT2D eigenvalue weighted by Gasteiger charge is 2.22. The average Bonchev–Trinajstić information content (AvgIpc) is 2.50. The fourth-order valence-electron chi connectivity index (χ4n) is 0.845. The summed E-state index contributed by atoms with van der Waals surface area (Å²) in [6.45, 7) is 8.65. The molecule has 1 aromatic rings. The Morgan fingerprint density at radius 3 is 2.46 bits per heavy atom. The minimum atomic E-state index is -0.0838. The molecule has 13 heavy (non-hydrogen) atoms. The maximum absolute atomic E-state index is 5.50. The van der Waals surface area contributed by atoms with Crippen molar-refractivity contribution in [1.82, 2.24) is 10.1 Å². The van der Waals surface area contributed by atoms with Gasteiger partial charge in [0.1, 0.15) is 0 Å². The molecule has 1 atom stereocenters. The highest BCUT2D eigenvalue weighted by molar-refractivity contribution is 5.01. The maximum atomic E-state index is 5.50. The van der Waals surface area contributed by atoms with E-state index in [4.69, 9.17) is 10.3 Å². The van der Waals surface area contributed by atoms with Crippen LogP contribution in [0.5, 0.6) is 0 Å². The Morgan fingerprint density at radius 1 is 1.46 bits per heavy atom. The quantitative estimate of drug-likeness (QED) is 0.753. The van der Waals surface area contributed by atoms with Gasteiger partial charge in [0.25, 0.3) is 0 Å². The molecule has 1 rings (SSSR count). The van der Waals surface area contributed by atoms with Crippen LogP contribution in [0.25, 0.3) is 0 Å². The normalized spacial score (nSPS) is 14.5. The van der Waals surface area contributed by atoms with Crippen LogP contribution >= 0.6 is 0 Å². The molecule has 2 N–H and O–H groups in total. The van der Waals surface area contributed by atoms with Crippen LogP contribution in [-0.4, -0.2) is 16.7 Å². The molecule has 0 spiro atoms. The van der Waals surface area contributed by atoms with Gasteiger partial charge in [0, 0.05) is 17.9 Å². The molecule has 1 heterocycles. The molecule has 0 fully saturated rings. The van der Waals surface area contributed by atoms with Gasteiger partial charge < -0.3 is 10.3 Å². The predicted molar refractivity (Wildman–Crippen MR) is 50.5 cm³/mol. The SMILES string of the molecule is CC(CN)c1noc(C(C)(C)C)n1. The summed E-state index contributed by atoms with van der Waals surface area (Å²) in [7, 11) is 0. The highest BCUT2D eigenvalue weighted by atomic mass is 16.5. The van der Waals surface area contributed by atoms with Crippen LogP contribution < -0.4 is 5.73 Å². The molecule has 0 aliphatic carbocycles. The Kier molecular flexibility index (Phi) is 2.71. The number of hydrogen-bond donors (Lipinski definition) is 1. The van der Waals surface area contributed by atoms with Gasteiger partial charge in [0.15, 0.2) is 5.82 Å². The molecule has 0 radical (unpaired) electrons. The minimum absolute atomic E-state index is 0.0838. The fourth-order valence-corrected chi connectivity index (χ4v) is 0.845. The van der Waals surface area contributed by atoms with Gasteiger partial charge >= 0.3 is 0 Å². The lowest BCUT2D eigenvalue weighted by Gasteiger charge is -2.10. The van der Waals surface area contributed by atoms with Crippen LogP contribution in [0, 0.1) is 0 Å². The second kappa shape index (κ2) is 3.46. The van der Waals surface area contributed by atoms with Crippen molar-refractivity contribution in [2.45, 2.75) is 39.0 Å². The van der Waals surface area contributed by atoms with Gasteiger partial charge in [-0.1, -0.05) is 32.9 Å². The first-order valence-electron chi connectivity index (χ1n) is 4.49. The number of hydrogen-bond acceptors (Lipinski definition) is 4. The third-order valence-corrected chi connectivity index (χ3v) is 1.88. The van der Waals surface area contributed by atoms with E-state index in [1.165, 1.54) is 0 Å². The Bertz CT molecular complexity index is 275. The van der Waals surface area contributed by atoms with E-state index in [0.717, 1.165) is 0 Å². The Hall–Kier alpha value is -0.900. The van der Waals surface area contributed by atoms with E-state index in [1.807, 2.05) is 27.7 Å².